The van der Waals surface area contributed by atoms with Crippen LogP contribution in [0.2, 0.25) is 0 Å². The number of carbonyl (C=O) groups excluding carboxylic acids is 2. The minimum atomic E-state index is -0.644. The maximum absolute atomic E-state index is 12.5. The van der Waals surface area contributed by atoms with Gasteiger partial charge in [-0.3, -0.25) is 9.36 Å². The van der Waals surface area contributed by atoms with E-state index in [1.807, 2.05) is 79.7 Å². The summed E-state index contributed by atoms with van der Waals surface area (Å²) in [6.45, 7) is 14.9. The van der Waals surface area contributed by atoms with Crippen LogP contribution in [0.4, 0.5) is 4.79 Å². The standard InChI is InChI=1S/C22H31NO4/c1-20(2,3)26-18(24)22(7,8)14-15-9-10-17-16(13-15)11-12-23(17)19(25)27-21(4,5)6/h9-13H,14H2,1-8H3. The normalized spacial score (nSPS) is 12.9. The number of carbonyl (C=O) groups is 2. The zero-order valence-corrected chi connectivity index (χ0v) is 17.7. The first-order valence-corrected chi connectivity index (χ1v) is 9.25. The number of nitrogens with zero attached hydrogens (tertiary/aromatic N) is 1. The van der Waals surface area contributed by atoms with Crippen LogP contribution in [0, 0.1) is 5.41 Å². The molecule has 0 N–H and O–H groups in total. The number of hydrogen-bond donors (Lipinski definition) is 0. The van der Waals surface area contributed by atoms with E-state index in [0.717, 1.165) is 16.5 Å². The Hall–Kier alpha value is -2.30. The first-order valence-electron chi connectivity index (χ1n) is 9.25. The number of benzene rings is 1. The lowest BCUT2D eigenvalue weighted by atomic mass is 9.85. The summed E-state index contributed by atoms with van der Waals surface area (Å²) in [6.07, 6.45) is 1.86. The molecule has 27 heavy (non-hydrogen) atoms. The minimum Gasteiger partial charge on any atom is -0.460 e. The van der Waals surface area contributed by atoms with E-state index in [9.17, 15) is 9.59 Å². The van der Waals surface area contributed by atoms with Crippen LogP contribution in [0.15, 0.2) is 30.5 Å². The van der Waals surface area contributed by atoms with Crippen LogP contribution in [0.25, 0.3) is 10.9 Å². The van der Waals surface area contributed by atoms with Crippen molar-refractivity contribution >= 4 is 23.0 Å². The fraction of sp³-hybridized carbons (Fsp3) is 0.545. The van der Waals surface area contributed by atoms with Gasteiger partial charge >= 0.3 is 12.1 Å². The summed E-state index contributed by atoms with van der Waals surface area (Å²) < 4.78 is 12.5. The predicted molar refractivity (Wildman–Crippen MR) is 107 cm³/mol. The maximum Gasteiger partial charge on any atom is 0.418 e. The van der Waals surface area contributed by atoms with E-state index in [-0.39, 0.29) is 5.97 Å². The molecule has 0 aliphatic heterocycles. The molecular weight excluding hydrogens is 342 g/mol. The average molecular weight is 373 g/mol. The number of ether oxygens (including phenoxy) is 2. The molecule has 0 saturated carbocycles. The van der Waals surface area contributed by atoms with Gasteiger partial charge < -0.3 is 9.47 Å². The van der Waals surface area contributed by atoms with Crippen LogP contribution in [0.1, 0.15) is 61.0 Å². The lowest BCUT2D eigenvalue weighted by Gasteiger charge is -2.28. The third-order valence-electron chi connectivity index (χ3n) is 3.94. The quantitative estimate of drug-likeness (QED) is 0.682. The van der Waals surface area contributed by atoms with E-state index in [1.54, 1.807) is 6.20 Å². The second-order valence-electron chi connectivity index (χ2n) is 9.62. The Morgan fingerprint density at radius 3 is 2.04 bits per heavy atom. The molecule has 0 atom stereocenters. The Morgan fingerprint density at radius 1 is 0.889 bits per heavy atom. The molecule has 1 aromatic carbocycles. The first-order chi connectivity index (χ1) is 12.2. The smallest absolute Gasteiger partial charge is 0.418 e. The third-order valence-corrected chi connectivity index (χ3v) is 3.94. The molecule has 2 aromatic rings. The van der Waals surface area contributed by atoms with Gasteiger partial charge in [0.15, 0.2) is 0 Å². The molecule has 0 spiro atoms. The first kappa shape index (κ1) is 21.0. The van der Waals surface area contributed by atoms with Gasteiger partial charge in [0.05, 0.1) is 10.9 Å². The molecule has 0 aliphatic rings. The molecule has 0 saturated heterocycles. The molecular formula is C22H31NO4. The Balaban J connectivity index is 2.23. The largest absolute Gasteiger partial charge is 0.460 e. The second-order valence-corrected chi connectivity index (χ2v) is 9.62. The molecule has 0 aliphatic carbocycles. The highest BCUT2D eigenvalue weighted by Gasteiger charge is 2.32. The zero-order chi connectivity index (χ0) is 20.6. The van der Waals surface area contributed by atoms with E-state index < -0.39 is 22.7 Å². The number of rotatable bonds is 3. The number of fused-ring (bicyclic) bond motifs is 1. The summed E-state index contributed by atoms with van der Waals surface area (Å²) >= 11 is 0. The van der Waals surface area contributed by atoms with Gasteiger partial charge in [-0.15, -0.1) is 0 Å². The van der Waals surface area contributed by atoms with Crippen molar-refractivity contribution < 1.29 is 19.1 Å². The molecule has 0 radical (unpaired) electrons. The van der Waals surface area contributed by atoms with Crippen LogP contribution in [-0.2, 0) is 20.7 Å². The molecule has 1 heterocycles. The van der Waals surface area contributed by atoms with Gasteiger partial charge in [0.25, 0.3) is 0 Å². The van der Waals surface area contributed by atoms with E-state index in [1.165, 1.54) is 4.57 Å². The Kier molecular flexibility index (Phi) is 5.46. The third kappa shape index (κ3) is 5.59. The van der Waals surface area contributed by atoms with Crippen LogP contribution in [0.5, 0.6) is 0 Å². The number of esters is 1. The fourth-order valence-electron chi connectivity index (χ4n) is 2.77. The van der Waals surface area contributed by atoms with Gasteiger partial charge in [0.1, 0.15) is 11.2 Å². The molecule has 0 fully saturated rings. The Morgan fingerprint density at radius 2 is 1.48 bits per heavy atom. The summed E-state index contributed by atoms with van der Waals surface area (Å²) in [5.41, 5.74) is 0.0891. The highest BCUT2D eigenvalue weighted by Crippen LogP contribution is 2.28. The van der Waals surface area contributed by atoms with Crippen molar-refractivity contribution in [1.82, 2.24) is 4.57 Å². The van der Waals surface area contributed by atoms with Crippen LogP contribution in [0.3, 0.4) is 0 Å². The number of hydrogen-bond acceptors (Lipinski definition) is 4. The van der Waals surface area contributed by atoms with E-state index in [2.05, 4.69) is 0 Å². The van der Waals surface area contributed by atoms with Crippen molar-refractivity contribution in [3.63, 3.8) is 0 Å². The summed E-state index contributed by atoms with van der Waals surface area (Å²) in [7, 11) is 0. The maximum atomic E-state index is 12.5. The minimum absolute atomic E-state index is 0.221. The van der Waals surface area contributed by atoms with Gasteiger partial charge in [0, 0.05) is 11.6 Å². The summed E-state index contributed by atoms with van der Waals surface area (Å²) in [6, 6.07) is 7.71. The van der Waals surface area contributed by atoms with Crippen molar-refractivity contribution in [2.75, 3.05) is 0 Å². The van der Waals surface area contributed by atoms with E-state index in [4.69, 9.17) is 9.47 Å². The topological polar surface area (TPSA) is 57.5 Å². The monoisotopic (exact) mass is 373 g/mol. The van der Waals surface area contributed by atoms with Crippen LogP contribution < -0.4 is 0 Å². The van der Waals surface area contributed by atoms with Crippen molar-refractivity contribution in [3.05, 3.63) is 36.0 Å². The lowest BCUT2D eigenvalue weighted by Crippen LogP contribution is -2.35. The van der Waals surface area contributed by atoms with Crippen molar-refractivity contribution in [2.45, 2.75) is 73.0 Å². The van der Waals surface area contributed by atoms with Gasteiger partial charge in [-0.05, 0) is 85.6 Å². The van der Waals surface area contributed by atoms with Gasteiger partial charge in [-0.2, -0.15) is 0 Å². The van der Waals surface area contributed by atoms with Gasteiger partial charge in [0.2, 0.25) is 0 Å². The van der Waals surface area contributed by atoms with Crippen molar-refractivity contribution in [1.29, 1.82) is 0 Å². The highest BCUT2D eigenvalue weighted by atomic mass is 16.6. The zero-order valence-electron chi connectivity index (χ0n) is 17.7. The summed E-state index contributed by atoms with van der Waals surface area (Å²) in [4.78, 5) is 24.8. The molecule has 0 bridgehead atoms. The molecule has 148 valence electrons. The van der Waals surface area contributed by atoms with E-state index >= 15 is 0 Å². The fourth-order valence-corrected chi connectivity index (χ4v) is 2.77. The molecule has 5 nitrogen and oxygen atoms in total. The highest BCUT2D eigenvalue weighted by molar-refractivity contribution is 5.90. The molecule has 5 heteroatoms. The Labute approximate surface area is 161 Å². The van der Waals surface area contributed by atoms with Crippen molar-refractivity contribution in [3.8, 4) is 0 Å². The SMILES string of the molecule is CC(C)(C)OC(=O)n1ccc2cc(CC(C)(C)C(=O)OC(C)(C)C)ccc21. The number of aromatic nitrogens is 1. The molecule has 0 unspecified atom stereocenters. The molecule has 1 aromatic heterocycles. The predicted octanol–water partition coefficient (Wildman–Crippen LogP) is 5.33. The lowest BCUT2D eigenvalue weighted by molar-refractivity contribution is -0.165. The Bertz CT molecular complexity index is 847. The van der Waals surface area contributed by atoms with Crippen LogP contribution >= 0.6 is 0 Å². The van der Waals surface area contributed by atoms with Gasteiger partial charge in [-0.25, -0.2) is 4.79 Å². The molecule has 0 amide bonds. The average Bonchev–Trinajstić information content (AvgIpc) is 2.86. The van der Waals surface area contributed by atoms with Crippen molar-refractivity contribution in [2.24, 2.45) is 5.41 Å². The summed E-state index contributed by atoms with van der Waals surface area (Å²) in [5.74, 6) is -0.221. The molecule has 2 rings (SSSR count). The summed E-state index contributed by atoms with van der Waals surface area (Å²) in [5, 5.41) is 0.929. The second kappa shape index (κ2) is 7.02. The van der Waals surface area contributed by atoms with E-state index in [0.29, 0.717) is 6.42 Å². The van der Waals surface area contributed by atoms with Crippen LogP contribution in [-0.4, -0.2) is 27.8 Å². The van der Waals surface area contributed by atoms with Gasteiger partial charge in [-0.1, -0.05) is 6.07 Å².